The summed E-state index contributed by atoms with van der Waals surface area (Å²) in [6.45, 7) is -0.360. The standard InChI is InChI=1S/C12H14ClN3O3S/c1-16-7-11(6-14-16)20(18,19)15-12(8-17)9-2-4-10(13)5-3-9/h2-7,12,15,17H,8H2,1H3. The highest BCUT2D eigenvalue weighted by atomic mass is 35.5. The van der Waals surface area contributed by atoms with Crippen LogP contribution >= 0.6 is 11.6 Å². The van der Waals surface area contributed by atoms with E-state index < -0.39 is 16.1 Å². The van der Waals surface area contributed by atoms with E-state index in [2.05, 4.69) is 9.82 Å². The molecule has 2 rings (SSSR count). The van der Waals surface area contributed by atoms with Crippen LogP contribution in [0.15, 0.2) is 41.6 Å². The number of aliphatic hydroxyl groups excluding tert-OH is 1. The lowest BCUT2D eigenvalue weighted by Gasteiger charge is -2.16. The predicted molar refractivity (Wildman–Crippen MR) is 74.8 cm³/mol. The van der Waals surface area contributed by atoms with Crippen molar-refractivity contribution < 1.29 is 13.5 Å². The third kappa shape index (κ3) is 3.37. The Balaban J connectivity index is 2.24. The average molecular weight is 316 g/mol. The van der Waals surface area contributed by atoms with E-state index in [-0.39, 0.29) is 11.5 Å². The number of nitrogens with one attached hydrogen (secondary N) is 1. The lowest BCUT2D eigenvalue weighted by molar-refractivity contribution is 0.259. The first-order chi connectivity index (χ1) is 9.42. The Hall–Kier alpha value is -1.41. The minimum Gasteiger partial charge on any atom is -0.394 e. The van der Waals surface area contributed by atoms with E-state index in [1.54, 1.807) is 31.3 Å². The Bertz CT molecular complexity index is 682. The van der Waals surface area contributed by atoms with Crippen molar-refractivity contribution >= 4 is 21.6 Å². The number of nitrogens with zero attached hydrogens (tertiary/aromatic N) is 2. The Morgan fingerprint density at radius 3 is 2.55 bits per heavy atom. The molecule has 0 amide bonds. The molecule has 8 heteroatoms. The molecule has 0 saturated carbocycles. The van der Waals surface area contributed by atoms with Crippen molar-refractivity contribution in [3.05, 3.63) is 47.2 Å². The predicted octanol–water partition coefficient (Wildman–Crippen LogP) is 1.09. The molecule has 1 aromatic heterocycles. The minimum atomic E-state index is -3.74. The van der Waals surface area contributed by atoms with Gasteiger partial charge in [-0.15, -0.1) is 0 Å². The van der Waals surface area contributed by atoms with Gasteiger partial charge in [-0.3, -0.25) is 4.68 Å². The summed E-state index contributed by atoms with van der Waals surface area (Å²) in [6, 6.07) is 5.86. The molecule has 1 atom stereocenters. The number of aliphatic hydroxyl groups is 1. The van der Waals surface area contributed by atoms with Gasteiger partial charge in [0.1, 0.15) is 4.90 Å². The van der Waals surface area contributed by atoms with Crippen LogP contribution in [0.2, 0.25) is 5.02 Å². The number of rotatable bonds is 5. The van der Waals surface area contributed by atoms with Gasteiger partial charge < -0.3 is 5.11 Å². The fourth-order valence-corrected chi connectivity index (χ4v) is 3.02. The maximum atomic E-state index is 12.2. The van der Waals surface area contributed by atoms with E-state index in [0.717, 1.165) is 0 Å². The van der Waals surface area contributed by atoms with Gasteiger partial charge in [0.05, 0.1) is 18.8 Å². The summed E-state index contributed by atoms with van der Waals surface area (Å²) in [5.41, 5.74) is 0.629. The van der Waals surface area contributed by atoms with Gasteiger partial charge in [-0.25, -0.2) is 13.1 Å². The lowest BCUT2D eigenvalue weighted by Crippen LogP contribution is -2.30. The Kier molecular flexibility index (Phi) is 4.44. The van der Waals surface area contributed by atoms with Crippen LogP contribution in [0.3, 0.4) is 0 Å². The minimum absolute atomic E-state index is 0.0485. The zero-order chi connectivity index (χ0) is 14.8. The summed E-state index contributed by atoms with van der Waals surface area (Å²) in [5.74, 6) is 0. The average Bonchev–Trinajstić information content (AvgIpc) is 2.85. The topological polar surface area (TPSA) is 84.2 Å². The summed E-state index contributed by atoms with van der Waals surface area (Å²) >= 11 is 5.78. The van der Waals surface area contributed by atoms with Gasteiger partial charge in [0, 0.05) is 18.3 Å². The van der Waals surface area contributed by atoms with Crippen LogP contribution in [0.25, 0.3) is 0 Å². The van der Waals surface area contributed by atoms with Gasteiger partial charge in [-0.2, -0.15) is 5.10 Å². The van der Waals surface area contributed by atoms with E-state index in [9.17, 15) is 13.5 Å². The molecule has 1 aromatic carbocycles. The first kappa shape index (κ1) is 15.0. The van der Waals surface area contributed by atoms with Crippen LogP contribution in [0.5, 0.6) is 0 Å². The molecule has 6 nitrogen and oxygen atoms in total. The Morgan fingerprint density at radius 1 is 1.40 bits per heavy atom. The number of benzene rings is 1. The molecular formula is C12H14ClN3O3S. The maximum absolute atomic E-state index is 12.2. The van der Waals surface area contributed by atoms with Gasteiger partial charge in [0.25, 0.3) is 0 Å². The fraction of sp³-hybridized carbons (Fsp3) is 0.250. The highest BCUT2D eigenvalue weighted by Gasteiger charge is 2.22. The molecule has 2 N–H and O–H groups in total. The monoisotopic (exact) mass is 315 g/mol. The molecule has 0 spiro atoms. The Morgan fingerprint density at radius 2 is 2.05 bits per heavy atom. The fourth-order valence-electron chi connectivity index (χ4n) is 1.70. The number of sulfonamides is 1. The third-order valence-electron chi connectivity index (χ3n) is 2.74. The van der Waals surface area contributed by atoms with Crippen molar-refractivity contribution in [3.8, 4) is 0 Å². The van der Waals surface area contributed by atoms with Gasteiger partial charge in [-0.05, 0) is 17.7 Å². The highest BCUT2D eigenvalue weighted by molar-refractivity contribution is 7.89. The van der Waals surface area contributed by atoms with Crippen molar-refractivity contribution in [2.75, 3.05) is 6.61 Å². The molecule has 2 aromatic rings. The van der Waals surface area contributed by atoms with Crippen LogP contribution in [0.4, 0.5) is 0 Å². The van der Waals surface area contributed by atoms with Crippen molar-refractivity contribution in [2.24, 2.45) is 7.05 Å². The first-order valence-electron chi connectivity index (χ1n) is 5.79. The number of hydrogen-bond donors (Lipinski definition) is 2. The van der Waals surface area contributed by atoms with Gasteiger partial charge in [-0.1, -0.05) is 23.7 Å². The van der Waals surface area contributed by atoms with Crippen LogP contribution in [-0.4, -0.2) is 29.9 Å². The van der Waals surface area contributed by atoms with Crippen LogP contribution in [-0.2, 0) is 17.1 Å². The van der Waals surface area contributed by atoms with Gasteiger partial charge in [0.15, 0.2) is 0 Å². The molecular weight excluding hydrogens is 302 g/mol. The molecule has 0 fully saturated rings. The van der Waals surface area contributed by atoms with Crippen LogP contribution in [0, 0.1) is 0 Å². The van der Waals surface area contributed by atoms with E-state index in [1.165, 1.54) is 17.1 Å². The molecule has 0 saturated heterocycles. The second-order valence-corrected chi connectivity index (χ2v) is 6.41. The van der Waals surface area contributed by atoms with Gasteiger partial charge in [0.2, 0.25) is 10.0 Å². The SMILES string of the molecule is Cn1cc(S(=O)(=O)NC(CO)c2ccc(Cl)cc2)cn1. The second kappa shape index (κ2) is 5.92. The number of aryl methyl sites for hydroxylation is 1. The zero-order valence-corrected chi connectivity index (χ0v) is 12.3. The van der Waals surface area contributed by atoms with Crippen molar-refractivity contribution in [1.29, 1.82) is 0 Å². The normalized spacial score (nSPS) is 13.3. The molecule has 0 radical (unpaired) electrons. The maximum Gasteiger partial charge on any atom is 0.244 e. The number of aromatic nitrogens is 2. The van der Waals surface area contributed by atoms with Crippen molar-refractivity contribution in [1.82, 2.24) is 14.5 Å². The van der Waals surface area contributed by atoms with E-state index >= 15 is 0 Å². The zero-order valence-electron chi connectivity index (χ0n) is 10.7. The Labute approximate surface area is 122 Å². The number of hydrogen-bond acceptors (Lipinski definition) is 4. The number of halogens is 1. The first-order valence-corrected chi connectivity index (χ1v) is 7.66. The van der Waals surface area contributed by atoms with E-state index in [4.69, 9.17) is 11.6 Å². The molecule has 20 heavy (non-hydrogen) atoms. The van der Waals surface area contributed by atoms with Crippen molar-refractivity contribution in [3.63, 3.8) is 0 Å². The third-order valence-corrected chi connectivity index (χ3v) is 4.42. The molecule has 1 heterocycles. The summed E-state index contributed by atoms with van der Waals surface area (Å²) in [5, 5.41) is 13.7. The van der Waals surface area contributed by atoms with E-state index in [1.807, 2.05) is 0 Å². The quantitative estimate of drug-likeness (QED) is 0.865. The van der Waals surface area contributed by atoms with Crippen LogP contribution in [0.1, 0.15) is 11.6 Å². The summed E-state index contributed by atoms with van der Waals surface area (Å²) < 4.78 is 28.1. The van der Waals surface area contributed by atoms with Crippen molar-refractivity contribution in [2.45, 2.75) is 10.9 Å². The molecule has 0 bridgehead atoms. The summed E-state index contributed by atoms with van der Waals surface area (Å²) in [7, 11) is -2.11. The lowest BCUT2D eigenvalue weighted by atomic mass is 10.1. The summed E-state index contributed by atoms with van der Waals surface area (Å²) in [6.07, 6.45) is 2.64. The molecule has 1 unspecified atom stereocenters. The van der Waals surface area contributed by atoms with Gasteiger partial charge >= 0.3 is 0 Å². The largest absolute Gasteiger partial charge is 0.394 e. The summed E-state index contributed by atoms with van der Waals surface area (Å²) in [4.78, 5) is 0.0485. The van der Waals surface area contributed by atoms with E-state index in [0.29, 0.717) is 10.6 Å². The van der Waals surface area contributed by atoms with Crippen LogP contribution < -0.4 is 4.72 Å². The smallest absolute Gasteiger partial charge is 0.244 e. The second-order valence-electron chi connectivity index (χ2n) is 4.26. The molecule has 0 aliphatic carbocycles. The molecule has 0 aliphatic heterocycles. The highest BCUT2D eigenvalue weighted by Crippen LogP contribution is 2.19. The molecule has 108 valence electrons. The molecule has 0 aliphatic rings.